The minimum Gasteiger partial charge on any atom is -0.481 e. The molecule has 2 heterocycles. The minimum atomic E-state index is -0.758. The Bertz CT molecular complexity index is 355. The van der Waals surface area contributed by atoms with Crippen LogP contribution in [-0.4, -0.2) is 45.9 Å². The first-order chi connectivity index (χ1) is 7.15. The van der Waals surface area contributed by atoms with Gasteiger partial charge in [0.2, 0.25) is 0 Å². The molecule has 0 spiro atoms. The van der Waals surface area contributed by atoms with Crippen LogP contribution >= 0.6 is 0 Å². The predicted molar refractivity (Wildman–Crippen MR) is 54.7 cm³/mol. The van der Waals surface area contributed by atoms with Gasteiger partial charge in [-0.05, 0) is 19.0 Å². The Balaban J connectivity index is 1.89. The van der Waals surface area contributed by atoms with Crippen LogP contribution in [0.1, 0.15) is 18.0 Å². The van der Waals surface area contributed by atoms with E-state index in [1.54, 1.807) is 6.20 Å². The minimum absolute atomic E-state index is 0.177. The van der Waals surface area contributed by atoms with E-state index >= 15 is 0 Å². The quantitative estimate of drug-likeness (QED) is 0.779. The molecule has 0 aliphatic carbocycles. The summed E-state index contributed by atoms with van der Waals surface area (Å²) in [7, 11) is 2.07. The number of carboxylic acid groups (broad SMARTS) is 1. The Kier molecular flexibility index (Phi) is 2.73. The highest BCUT2D eigenvalue weighted by atomic mass is 16.4. The van der Waals surface area contributed by atoms with E-state index in [2.05, 4.69) is 17.0 Å². The number of aryl methyl sites for hydroxylation is 1. The number of likely N-dealkylation sites (tertiary alicyclic amines) is 1. The molecule has 1 N–H and O–H groups in total. The van der Waals surface area contributed by atoms with E-state index in [9.17, 15) is 4.79 Å². The van der Waals surface area contributed by atoms with Crippen LogP contribution in [0.3, 0.4) is 0 Å². The van der Waals surface area contributed by atoms with Gasteiger partial charge in [0.15, 0.2) is 0 Å². The van der Waals surface area contributed by atoms with Gasteiger partial charge in [0.1, 0.15) is 0 Å². The van der Waals surface area contributed by atoms with Gasteiger partial charge < -0.3 is 10.0 Å². The first-order valence-corrected chi connectivity index (χ1v) is 5.08. The lowest BCUT2D eigenvalue weighted by atomic mass is 10.1. The fourth-order valence-electron chi connectivity index (χ4n) is 1.79. The molecule has 15 heavy (non-hydrogen) atoms. The normalized spacial score (nSPS) is 17.7. The first kappa shape index (κ1) is 10.2. The van der Waals surface area contributed by atoms with Crippen molar-refractivity contribution in [3.63, 3.8) is 0 Å². The molecule has 5 nitrogen and oxygen atoms in total. The van der Waals surface area contributed by atoms with Crippen molar-refractivity contribution >= 4 is 5.97 Å². The smallest absolute Gasteiger partial charge is 0.303 e. The third-order valence-corrected chi connectivity index (χ3v) is 2.70. The number of aromatic nitrogens is 2. The SMILES string of the molecule is CN1CC(n2cc(CCC(=O)O)cn2)C1. The molecule has 0 atom stereocenters. The lowest BCUT2D eigenvalue weighted by molar-refractivity contribution is -0.136. The molecule has 1 saturated heterocycles. The van der Waals surface area contributed by atoms with Gasteiger partial charge in [-0.2, -0.15) is 5.10 Å². The summed E-state index contributed by atoms with van der Waals surface area (Å²) in [5.41, 5.74) is 1.01. The average molecular weight is 209 g/mol. The second kappa shape index (κ2) is 4.02. The Labute approximate surface area is 88.3 Å². The lowest BCUT2D eigenvalue weighted by Gasteiger charge is -2.36. The summed E-state index contributed by atoms with van der Waals surface area (Å²) in [6.45, 7) is 2.06. The fourth-order valence-corrected chi connectivity index (χ4v) is 1.79. The molecule has 1 aliphatic heterocycles. The average Bonchev–Trinajstić information content (AvgIpc) is 2.57. The van der Waals surface area contributed by atoms with Crippen molar-refractivity contribution in [2.24, 2.45) is 0 Å². The van der Waals surface area contributed by atoms with Crippen LogP contribution in [0.4, 0.5) is 0 Å². The molecule has 0 radical (unpaired) electrons. The van der Waals surface area contributed by atoms with Crippen LogP contribution in [0.2, 0.25) is 0 Å². The Hall–Kier alpha value is -1.36. The number of aliphatic carboxylic acids is 1. The summed E-state index contributed by atoms with van der Waals surface area (Å²) in [5, 5.41) is 12.8. The topological polar surface area (TPSA) is 58.4 Å². The van der Waals surface area contributed by atoms with Crippen molar-refractivity contribution < 1.29 is 9.90 Å². The molecule has 1 aliphatic rings. The first-order valence-electron chi connectivity index (χ1n) is 5.08. The highest BCUT2D eigenvalue weighted by Gasteiger charge is 2.25. The van der Waals surface area contributed by atoms with E-state index in [0.717, 1.165) is 18.7 Å². The second-order valence-electron chi connectivity index (χ2n) is 4.10. The molecule has 0 saturated carbocycles. The van der Waals surface area contributed by atoms with Gasteiger partial charge in [0.05, 0.1) is 12.2 Å². The van der Waals surface area contributed by atoms with Crippen molar-refractivity contribution in [1.29, 1.82) is 0 Å². The van der Waals surface area contributed by atoms with Gasteiger partial charge in [-0.1, -0.05) is 0 Å². The van der Waals surface area contributed by atoms with Crippen molar-refractivity contribution in [3.05, 3.63) is 18.0 Å². The summed E-state index contributed by atoms with van der Waals surface area (Å²) in [6.07, 6.45) is 4.47. The molecule has 2 rings (SSSR count). The van der Waals surface area contributed by atoms with Crippen LogP contribution in [0.15, 0.2) is 12.4 Å². The van der Waals surface area contributed by atoms with Crippen molar-refractivity contribution in [2.45, 2.75) is 18.9 Å². The number of rotatable bonds is 4. The molecule has 5 heteroatoms. The number of carbonyl (C=O) groups is 1. The third-order valence-electron chi connectivity index (χ3n) is 2.70. The molecular weight excluding hydrogens is 194 g/mol. The number of carboxylic acids is 1. The Morgan fingerprint density at radius 2 is 2.40 bits per heavy atom. The van der Waals surface area contributed by atoms with Crippen LogP contribution in [0, 0.1) is 0 Å². The maximum absolute atomic E-state index is 10.4. The van der Waals surface area contributed by atoms with Crippen molar-refractivity contribution in [3.8, 4) is 0 Å². The molecule has 1 fully saturated rings. The summed E-state index contributed by atoms with van der Waals surface area (Å²) in [4.78, 5) is 12.6. The Morgan fingerprint density at radius 1 is 1.67 bits per heavy atom. The van der Waals surface area contributed by atoms with Crippen LogP contribution < -0.4 is 0 Å². The lowest BCUT2D eigenvalue weighted by Crippen LogP contribution is -2.45. The van der Waals surface area contributed by atoms with Gasteiger partial charge >= 0.3 is 5.97 Å². The van der Waals surface area contributed by atoms with E-state index in [4.69, 9.17) is 5.11 Å². The molecule has 0 bridgehead atoms. The molecule has 1 aromatic rings. The maximum Gasteiger partial charge on any atom is 0.303 e. The van der Waals surface area contributed by atoms with Gasteiger partial charge in [-0.25, -0.2) is 0 Å². The molecule has 82 valence electrons. The molecule has 0 amide bonds. The maximum atomic E-state index is 10.4. The zero-order valence-electron chi connectivity index (χ0n) is 8.76. The van der Waals surface area contributed by atoms with Gasteiger partial charge in [0.25, 0.3) is 0 Å². The summed E-state index contributed by atoms with van der Waals surface area (Å²) in [6, 6.07) is 0.466. The number of nitrogens with zero attached hydrogens (tertiary/aromatic N) is 3. The van der Waals surface area contributed by atoms with Crippen molar-refractivity contribution in [1.82, 2.24) is 14.7 Å². The zero-order chi connectivity index (χ0) is 10.8. The predicted octanol–water partition coefficient (Wildman–Crippen LogP) is 0.387. The number of hydrogen-bond donors (Lipinski definition) is 1. The zero-order valence-corrected chi connectivity index (χ0v) is 8.76. The highest BCUT2D eigenvalue weighted by Crippen LogP contribution is 2.18. The summed E-state index contributed by atoms with van der Waals surface area (Å²) in [5.74, 6) is -0.758. The van der Waals surface area contributed by atoms with E-state index in [-0.39, 0.29) is 6.42 Å². The molecule has 1 aromatic heterocycles. The number of likely N-dealkylation sites (N-methyl/N-ethyl adjacent to an activating group) is 1. The summed E-state index contributed by atoms with van der Waals surface area (Å²) >= 11 is 0. The van der Waals surface area contributed by atoms with Gasteiger partial charge in [-0.15, -0.1) is 0 Å². The fraction of sp³-hybridized carbons (Fsp3) is 0.600. The van der Waals surface area contributed by atoms with Gasteiger partial charge in [-0.3, -0.25) is 9.48 Å². The molecular formula is C10H15N3O2. The van der Waals surface area contributed by atoms with E-state index in [0.29, 0.717) is 12.5 Å². The van der Waals surface area contributed by atoms with E-state index in [1.165, 1.54) is 0 Å². The Morgan fingerprint density at radius 3 is 3.00 bits per heavy atom. The van der Waals surface area contributed by atoms with Crippen LogP contribution in [-0.2, 0) is 11.2 Å². The van der Waals surface area contributed by atoms with E-state index < -0.39 is 5.97 Å². The molecule has 0 unspecified atom stereocenters. The number of hydrogen-bond acceptors (Lipinski definition) is 3. The van der Waals surface area contributed by atoms with Crippen LogP contribution in [0.5, 0.6) is 0 Å². The van der Waals surface area contributed by atoms with E-state index in [1.807, 2.05) is 10.9 Å². The third kappa shape index (κ3) is 2.36. The summed E-state index contributed by atoms with van der Waals surface area (Å²) < 4.78 is 1.94. The standard InChI is InChI=1S/C10H15N3O2/c1-12-6-9(7-12)13-5-8(4-11-13)2-3-10(14)15/h4-5,9H,2-3,6-7H2,1H3,(H,14,15). The van der Waals surface area contributed by atoms with Crippen molar-refractivity contribution in [2.75, 3.05) is 20.1 Å². The second-order valence-corrected chi connectivity index (χ2v) is 4.10. The van der Waals surface area contributed by atoms with Crippen LogP contribution in [0.25, 0.3) is 0 Å². The highest BCUT2D eigenvalue weighted by molar-refractivity contribution is 5.67. The largest absolute Gasteiger partial charge is 0.481 e. The molecule has 0 aromatic carbocycles. The monoisotopic (exact) mass is 209 g/mol. The van der Waals surface area contributed by atoms with Gasteiger partial charge in [0, 0.05) is 25.7 Å².